The largest absolute Gasteiger partial charge is 0.488 e. The minimum atomic E-state index is -0.848. The summed E-state index contributed by atoms with van der Waals surface area (Å²) in [5, 5.41) is 0.258. The molecule has 33 heavy (non-hydrogen) atoms. The van der Waals surface area contributed by atoms with Gasteiger partial charge in [-0.3, -0.25) is 4.79 Å². The molecule has 1 heterocycles. The van der Waals surface area contributed by atoms with Gasteiger partial charge >= 0.3 is 0 Å². The summed E-state index contributed by atoms with van der Waals surface area (Å²) < 4.78 is 32.6. The van der Waals surface area contributed by atoms with Crippen molar-refractivity contribution in [1.29, 1.82) is 0 Å². The van der Waals surface area contributed by atoms with E-state index in [1.165, 1.54) is 19.2 Å². The van der Waals surface area contributed by atoms with Crippen LogP contribution in [-0.4, -0.2) is 32.8 Å². The van der Waals surface area contributed by atoms with Crippen molar-refractivity contribution in [3.8, 4) is 22.6 Å². The highest BCUT2D eigenvalue weighted by molar-refractivity contribution is 6.34. The highest BCUT2D eigenvalue weighted by Crippen LogP contribution is 2.49. The van der Waals surface area contributed by atoms with Crippen LogP contribution >= 0.6 is 11.6 Å². The number of primary amides is 1. The van der Waals surface area contributed by atoms with Crippen molar-refractivity contribution < 1.29 is 23.4 Å². The Labute approximate surface area is 196 Å². The van der Waals surface area contributed by atoms with Crippen LogP contribution in [-0.2, 0) is 16.8 Å². The van der Waals surface area contributed by atoms with Crippen LogP contribution in [0.3, 0.4) is 0 Å². The normalized spacial score (nSPS) is 16.8. The number of amides is 1. The third-order valence-corrected chi connectivity index (χ3v) is 6.10. The Hall–Kier alpha value is -3.13. The first kappa shape index (κ1) is 23.0. The summed E-state index contributed by atoms with van der Waals surface area (Å²) >= 11 is 6.59. The molecule has 0 saturated carbocycles. The molecule has 0 radical (unpaired) electrons. The van der Waals surface area contributed by atoms with Gasteiger partial charge in [0, 0.05) is 41.8 Å². The molecular formula is C25H24ClFN2O4. The standard InChI is InChI=1S/C25H24ClFN2O4/c1-31-11-12-32-20-9-7-16(24(29)30)22(23(20)27)21-17-13-25(14-28,15-5-3-2-4-6-15)33-19(17)10-8-18(21)26/h2-10H,11-14,28H2,1H3,(H2,29,30). The second kappa shape index (κ2) is 9.39. The van der Waals surface area contributed by atoms with Gasteiger partial charge in [-0.1, -0.05) is 41.9 Å². The van der Waals surface area contributed by atoms with Crippen molar-refractivity contribution in [2.45, 2.75) is 12.0 Å². The van der Waals surface area contributed by atoms with Gasteiger partial charge in [-0.05, 0) is 29.8 Å². The predicted octanol–water partition coefficient (Wildman–Crippen LogP) is 4.06. The average molecular weight is 471 g/mol. The first-order valence-corrected chi connectivity index (χ1v) is 10.8. The minimum absolute atomic E-state index is 0.00755. The van der Waals surface area contributed by atoms with E-state index >= 15 is 4.39 Å². The van der Waals surface area contributed by atoms with E-state index < -0.39 is 17.3 Å². The molecule has 1 aliphatic heterocycles. The summed E-state index contributed by atoms with van der Waals surface area (Å²) in [6.07, 6.45) is 0.338. The molecule has 0 aliphatic carbocycles. The smallest absolute Gasteiger partial charge is 0.249 e. The maximum absolute atomic E-state index is 15.8. The Balaban J connectivity index is 1.89. The zero-order valence-corrected chi connectivity index (χ0v) is 18.8. The first-order valence-electron chi connectivity index (χ1n) is 10.4. The van der Waals surface area contributed by atoms with Crippen molar-refractivity contribution in [3.63, 3.8) is 0 Å². The topological polar surface area (TPSA) is 96.8 Å². The second-order valence-electron chi connectivity index (χ2n) is 7.75. The van der Waals surface area contributed by atoms with E-state index in [0.717, 1.165) is 5.56 Å². The van der Waals surface area contributed by atoms with Gasteiger partial charge in [0.15, 0.2) is 17.2 Å². The Morgan fingerprint density at radius 3 is 2.55 bits per heavy atom. The molecule has 0 bridgehead atoms. The predicted molar refractivity (Wildman–Crippen MR) is 124 cm³/mol. The van der Waals surface area contributed by atoms with Gasteiger partial charge < -0.3 is 25.7 Å². The van der Waals surface area contributed by atoms with Crippen molar-refractivity contribution >= 4 is 17.5 Å². The van der Waals surface area contributed by atoms with Gasteiger partial charge in [-0.2, -0.15) is 0 Å². The van der Waals surface area contributed by atoms with Gasteiger partial charge in [0.05, 0.1) is 12.2 Å². The molecule has 3 aromatic rings. The Bertz CT molecular complexity index is 1190. The summed E-state index contributed by atoms with van der Waals surface area (Å²) in [6, 6.07) is 15.7. The summed E-state index contributed by atoms with van der Waals surface area (Å²) in [5.41, 5.74) is 12.8. The van der Waals surface area contributed by atoms with Crippen molar-refractivity contribution in [2.75, 3.05) is 26.9 Å². The minimum Gasteiger partial charge on any atom is -0.488 e. The molecule has 0 spiro atoms. The third kappa shape index (κ3) is 4.15. The van der Waals surface area contributed by atoms with E-state index in [-0.39, 0.29) is 41.7 Å². The van der Waals surface area contributed by atoms with E-state index in [1.807, 2.05) is 30.3 Å². The molecule has 0 saturated heterocycles. The van der Waals surface area contributed by atoms with E-state index in [4.69, 9.17) is 37.3 Å². The molecule has 1 amide bonds. The van der Waals surface area contributed by atoms with Crippen LogP contribution in [0.15, 0.2) is 54.6 Å². The zero-order valence-electron chi connectivity index (χ0n) is 18.1. The highest BCUT2D eigenvalue weighted by Gasteiger charge is 2.42. The van der Waals surface area contributed by atoms with Gasteiger partial charge in [0.1, 0.15) is 12.4 Å². The fraction of sp³-hybridized carbons (Fsp3) is 0.240. The monoisotopic (exact) mass is 470 g/mol. The maximum atomic E-state index is 15.8. The number of hydrogen-bond donors (Lipinski definition) is 2. The maximum Gasteiger partial charge on any atom is 0.249 e. The summed E-state index contributed by atoms with van der Waals surface area (Å²) in [6.45, 7) is 0.600. The Morgan fingerprint density at radius 1 is 1.12 bits per heavy atom. The zero-order chi connectivity index (χ0) is 23.6. The van der Waals surface area contributed by atoms with E-state index in [0.29, 0.717) is 23.3 Å². The van der Waals surface area contributed by atoms with Gasteiger partial charge in [-0.25, -0.2) is 4.39 Å². The number of fused-ring (bicyclic) bond motifs is 1. The van der Waals surface area contributed by atoms with Gasteiger partial charge in [0.25, 0.3) is 0 Å². The van der Waals surface area contributed by atoms with E-state index in [9.17, 15) is 4.79 Å². The van der Waals surface area contributed by atoms with Crippen LogP contribution in [0.25, 0.3) is 11.1 Å². The molecule has 0 aromatic heterocycles. The van der Waals surface area contributed by atoms with Crippen LogP contribution < -0.4 is 20.9 Å². The molecule has 1 unspecified atom stereocenters. The number of benzene rings is 3. The average Bonchev–Trinajstić information content (AvgIpc) is 3.21. The lowest BCUT2D eigenvalue weighted by molar-refractivity contribution is 0.1000. The lowest BCUT2D eigenvalue weighted by Gasteiger charge is -2.27. The first-order chi connectivity index (χ1) is 15.9. The number of ether oxygens (including phenoxy) is 3. The third-order valence-electron chi connectivity index (χ3n) is 5.78. The fourth-order valence-corrected chi connectivity index (χ4v) is 4.43. The number of nitrogens with two attached hydrogens (primary N) is 2. The lowest BCUT2D eigenvalue weighted by Crippen LogP contribution is -2.39. The molecule has 4 rings (SSSR count). The van der Waals surface area contributed by atoms with Crippen LogP contribution in [0.4, 0.5) is 4.39 Å². The highest BCUT2D eigenvalue weighted by atomic mass is 35.5. The lowest BCUT2D eigenvalue weighted by atomic mass is 9.85. The van der Waals surface area contributed by atoms with Crippen molar-refractivity contribution in [1.82, 2.24) is 0 Å². The summed E-state index contributed by atoms with van der Waals surface area (Å²) in [7, 11) is 1.52. The number of methoxy groups -OCH3 is 1. The Kier molecular flexibility index (Phi) is 6.56. The molecule has 4 N–H and O–H groups in total. The number of halogens is 2. The molecule has 1 aliphatic rings. The van der Waals surface area contributed by atoms with Crippen LogP contribution in [0.2, 0.25) is 5.02 Å². The van der Waals surface area contributed by atoms with Gasteiger partial charge in [0.2, 0.25) is 5.91 Å². The van der Waals surface area contributed by atoms with Crippen molar-refractivity contribution in [3.05, 3.63) is 82.1 Å². The molecule has 1 atom stereocenters. The van der Waals surface area contributed by atoms with E-state index in [2.05, 4.69) is 0 Å². The number of rotatable bonds is 8. The van der Waals surface area contributed by atoms with Gasteiger partial charge in [-0.15, -0.1) is 0 Å². The second-order valence-corrected chi connectivity index (χ2v) is 8.16. The molecule has 172 valence electrons. The molecule has 8 heteroatoms. The van der Waals surface area contributed by atoms with Crippen LogP contribution in [0, 0.1) is 5.82 Å². The Morgan fingerprint density at radius 2 is 1.88 bits per heavy atom. The number of carbonyl (C=O) groups excluding carboxylic acids is 1. The van der Waals surface area contributed by atoms with E-state index in [1.54, 1.807) is 12.1 Å². The summed E-state index contributed by atoms with van der Waals surface area (Å²) in [4.78, 5) is 12.2. The quantitative estimate of drug-likeness (QED) is 0.484. The SMILES string of the molecule is COCCOc1ccc(C(N)=O)c(-c2c(Cl)ccc3c2CC(CN)(c2ccccc2)O3)c1F. The molecule has 6 nitrogen and oxygen atoms in total. The number of hydrogen-bond acceptors (Lipinski definition) is 5. The molecule has 0 fully saturated rings. The molecular weight excluding hydrogens is 447 g/mol. The van der Waals surface area contributed by atoms with Crippen molar-refractivity contribution in [2.24, 2.45) is 11.5 Å². The molecule has 3 aromatic carbocycles. The number of carbonyl (C=O) groups is 1. The fourth-order valence-electron chi connectivity index (χ4n) is 4.16. The summed E-state index contributed by atoms with van der Waals surface area (Å²) in [5.74, 6) is -1.03. The van der Waals surface area contributed by atoms with Crippen LogP contribution in [0.5, 0.6) is 11.5 Å². The van der Waals surface area contributed by atoms with Crippen LogP contribution in [0.1, 0.15) is 21.5 Å².